The molecule has 0 bridgehead atoms. The van der Waals surface area contributed by atoms with Gasteiger partial charge >= 0.3 is 0 Å². The number of hydrogen-bond donors (Lipinski definition) is 1. The molecule has 192 valence electrons. The number of carbonyl (C=O) groups excluding carboxylic acids is 1. The summed E-state index contributed by atoms with van der Waals surface area (Å²) < 4.78 is 6.49. The van der Waals surface area contributed by atoms with E-state index in [4.69, 9.17) is 9.72 Å². The van der Waals surface area contributed by atoms with Gasteiger partial charge in [0.05, 0.1) is 32.4 Å². The van der Waals surface area contributed by atoms with Crippen LogP contribution in [0.1, 0.15) is 21.5 Å². The van der Waals surface area contributed by atoms with Crippen LogP contribution in [0.25, 0.3) is 22.2 Å². The van der Waals surface area contributed by atoms with Gasteiger partial charge < -0.3 is 4.74 Å². The van der Waals surface area contributed by atoms with Crippen molar-refractivity contribution in [1.29, 1.82) is 0 Å². The third-order valence-corrected chi connectivity index (χ3v) is 6.50. The van der Waals surface area contributed by atoms with E-state index in [0.29, 0.717) is 27.0 Å². The average molecular weight is 581 g/mol. The number of benzene rings is 4. The number of hydrogen-bond acceptors (Lipinski definition) is 6. The summed E-state index contributed by atoms with van der Waals surface area (Å²) in [6.45, 7) is 0.175. The first kappa shape index (κ1) is 25.7. The molecule has 0 saturated heterocycles. The number of fused-ring (bicyclic) bond motifs is 1. The summed E-state index contributed by atoms with van der Waals surface area (Å²) in [5, 5.41) is 15.9. The first-order valence-electron chi connectivity index (χ1n) is 11.9. The lowest BCUT2D eigenvalue weighted by atomic mass is 10.0. The van der Waals surface area contributed by atoms with Crippen molar-refractivity contribution in [3.63, 3.8) is 0 Å². The van der Waals surface area contributed by atoms with Gasteiger partial charge in [-0.25, -0.2) is 10.4 Å². The minimum atomic E-state index is -0.439. The van der Waals surface area contributed by atoms with Crippen LogP contribution in [-0.2, 0) is 6.61 Å². The molecule has 0 atom stereocenters. The number of nitrogens with one attached hydrogen (secondary N) is 1. The Morgan fingerprint density at radius 2 is 1.77 bits per heavy atom. The molecule has 0 aliphatic heterocycles. The van der Waals surface area contributed by atoms with Gasteiger partial charge in [0.25, 0.3) is 11.6 Å². The molecule has 4 aromatic carbocycles. The number of hydrazone groups is 1. The largest absolute Gasteiger partial charge is 0.488 e. The molecule has 1 N–H and O–H groups in total. The van der Waals surface area contributed by atoms with Crippen LogP contribution in [0, 0.1) is 10.1 Å². The van der Waals surface area contributed by atoms with Crippen LogP contribution in [-0.4, -0.2) is 22.0 Å². The number of para-hydroxylation sites is 1. The number of amides is 1. The highest BCUT2D eigenvalue weighted by atomic mass is 79.9. The zero-order chi connectivity index (χ0) is 27.2. The number of nitro benzene ring substituents is 1. The summed E-state index contributed by atoms with van der Waals surface area (Å²) in [7, 11) is 0. The van der Waals surface area contributed by atoms with E-state index in [1.54, 1.807) is 36.4 Å². The van der Waals surface area contributed by atoms with Gasteiger partial charge in [0, 0.05) is 23.1 Å². The molecule has 0 aliphatic rings. The molecule has 9 heteroatoms. The van der Waals surface area contributed by atoms with Crippen LogP contribution in [0.4, 0.5) is 5.69 Å². The summed E-state index contributed by atoms with van der Waals surface area (Å²) in [5.74, 6) is 0.220. The molecule has 0 fully saturated rings. The van der Waals surface area contributed by atoms with Gasteiger partial charge in [0.15, 0.2) is 0 Å². The number of nitro groups is 1. The van der Waals surface area contributed by atoms with E-state index in [9.17, 15) is 14.9 Å². The molecule has 0 spiro atoms. The second-order valence-electron chi connectivity index (χ2n) is 8.54. The van der Waals surface area contributed by atoms with E-state index in [0.717, 1.165) is 22.0 Å². The van der Waals surface area contributed by atoms with Crippen molar-refractivity contribution in [1.82, 2.24) is 10.4 Å². The molecule has 0 aliphatic carbocycles. The predicted molar refractivity (Wildman–Crippen MR) is 154 cm³/mol. The lowest BCUT2D eigenvalue weighted by molar-refractivity contribution is -0.384. The van der Waals surface area contributed by atoms with E-state index in [2.05, 4.69) is 26.5 Å². The number of halogens is 1. The summed E-state index contributed by atoms with van der Waals surface area (Å²) in [6.07, 6.45) is 1.54. The van der Waals surface area contributed by atoms with Crippen LogP contribution >= 0.6 is 15.9 Å². The highest BCUT2D eigenvalue weighted by molar-refractivity contribution is 9.10. The summed E-state index contributed by atoms with van der Waals surface area (Å²) >= 11 is 3.48. The Balaban J connectivity index is 1.28. The Hall–Kier alpha value is -4.89. The maximum Gasteiger partial charge on any atom is 0.272 e. The number of carbonyl (C=O) groups is 1. The van der Waals surface area contributed by atoms with E-state index in [1.807, 2.05) is 54.6 Å². The molecule has 0 unspecified atom stereocenters. The van der Waals surface area contributed by atoms with Crippen LogP contribution in [0.2, 0.25) is 0 Å². The minimum absolute atomic E-state index is 0.0137. The molecular formula is C30H21BrN4O4. The Bertz CT molecular complexity index is 1710. The Morgan fingerprint density at radius 1 is 0.974 bits per heavy atom. The SMILES string of the molecule is O=C(N/N=C/c1ccc(OCc2cccc([N+](=O)[O-])c2)c(Br)c1)c1cc(-c2ccccc2)nc2ccccc12. The molecule has 5 aromatic rings. The van der Waals surface area contributed by atoms with Gasteiger partial charge in [0.2, 0.25) is 0 Å². The lowest BCUT2D eigenvalue weighted by Crippen LogP contribution is -2.18. The number of nitrogens with zero attached hydrogens (tertiary/aromatic N) is 3. The maximum atomic E-state index is 13.1. The van der Waals surface area contributed by atoms with Gasteiger partial charge in [0.1, 0.15) is 12.4 Å². The monoisotopic (exact) mass is 580 g/mol. The number of ether oxygens (including phenoxy) is 1. The molecule has 8 nitrogen and oxygen atoms in total. The summed E-state index contributed by atoms with van der Waals surface area (Å²) in [5.41, 5.74) is 6.85. The zero-order valence-corrected chi connectivity index (χ0v) is 22.0. The Morgan fingerprint density at radius 3 is 2.56 bits per heavy atom. The van der Waals surface area contributed by atoms with Crippen molar-refractivity contribution < 1.29 is 14.5 Å². The molecule has 0 radical (unpaired) electrons. The quantitative estimate of drug-likeness (QED) is 0.122. The molecule has 1 amide bonds. The topological polar surface area (TPSA) is 107 Å². The minimum Gasteiger partial charge on any atom is -0.488 e. The van der Waals surface area contributed by atoms with Crippen molar-refractivity contribution in [3.05, 3.63) is 134 Å². The van der Waals surface area contributed by atoms with Crippen molar-refractivity contribution in [2.45, 2.75) is 6.61 Å². The Labute approximate surface area is 232 Å². The fourth-order valence-electron chi connectivity index (χ4n) is 3.98. The van der Waals surface area contributed by atoms with Crippen LogP contribution < -0.4 is 10.2 Å². The third kappa shape index (κ3) is 6.16. The molecule has 5 rings (SSSR count). The van der Waals surface area contributed by atoms with E-state index in [-0.39, 0.29) is 18.2 Å². The Kier molecular flexibility index (Phi) is 7.70. The van der Waals surface area contributed by atoms with Crippen molar-refractivity contribution in [2.24, 2.45) is 5.10 Å². The van der Waals surface area contributed by atoms with Crippen LogP contribution in [0.5, 0.6) is 5.75 Å². The standard InChI is InChI=1S/C30H21BrN4O4/c31-26-16-20(13-14-29(26)39-19-21-7-6-10-23(15-21)35(37)38)18-32-34-30(36)25-17-28(22-8-2-1-3-9-22)33-27-12-5-4-11-24(25)27/h1-18H,19H2,(H,34,36)/b32-18+. The second-order valence-corrected chi connectivity index (χ2v) is 9.40. The van der Waals surface area contributed by atoms with Crippen LogP contribution in [0.3, 0.4) is 0 Å². The van der Waals surface area contributed by atoms with E-state index >= 15 is 0 Å². The first-order chi connectivity index (χ1) is 19.0. The highest BCUT2D eigenvalue weighted by Gasteiger charge is 2.14. The zero-order valence-electron chi connectivity index (χ0n) is 20.5. The van der Waals surface area contributed by atoms with Crippen molar-refractivity contribution >= 4 is 44.6 Å². The molecule has 39 heavy (non-hydrogen) atoms. The van der Waals surface area contributed by atoms with E-state index < -0.39 is 4.92 Å². The predicted octanol–water partition coefficient (Wildman–Crippen LogP) is 6.92. The van der Waals surface area contributed by atoms with Gasteiger partial charge in [-0.2, -0.15) is 5.10 Å². The fourth-order valence-corrected chi connectivity index (χ4v) is 4.49. The van der Waals surface area contributed by atoms with Crippen molar-refractivity contribution in [3.8, 4) is 17.0 Å². The number of aromatic nitrogens is 1. The van der Waals surface area contributed by atoms with Gasteiger partial charge in [-0.3, -0.25) is 14.9 Å². The number of rotatable bonds is 8. The van der Waals surface area contributed by atoms with Gasteiger partial charge in [-0.1, -0.05) is 60.7 Å². The molecule has 0 saturated carbocycles. The van der Waals surface area contributed by atoms with E-state index in [1.165, 1.54) is 18.3 Å². The first-order valence-corrected chi connectivity index (χ1v) is 12.7. The highest BCUT2D eigenvalue weighted by Crippen LogP contribution is 2.27. The lowest BCUT2D eigenvalue weighted by Gasteiger charge is -2.09. The summed E-state index contributed by atoms with van der Waals surface area (Å²) in [4.78, 5) is 28.4. The maximum absolute atomic E-state index is 13.1. The van der Waals surface area contributed by atoms with Gasteiger partial charge in [-0.05, 0) is 57.4 Å². The van der Waals surface area contributed by atoms with Crippen molar-refractivity contribution in [2.75, 3.05) is 0 Å². The second kappa shape index (κ2) is 11.7. The normalized spacial score (nSPS) is 11.0. The number of non-ortho nitro benzene ring substituents is 1. The fraction of sp³-hybridized carbons (Fsp3) is 0.0333. The molecular weight excluding hydrogens is 560 g/mol. The summed E-state index contributed by atoms with van der Waals surface area (Å²) in [6, 6.07) is 30.6. The smallest absolute Gasteiger partial charge is 0.272 e. The van der Waals surface area contributed by atoms with Crippen LogP contribution in [0.15, 0.2) is 113 Å². The average Bonchev–Trinajstić information content (AvgIpc) is 2.96. The third-order valence-electron chi connectivity index (χ3n) is 5.88. The molecule has 1 heterocycles. The van der Waals surface area contributed by atoms with Gasteiger partial charge in [-0.15, -0.1) is 0 Å². The molecule has 1 aromatic heterocycles. The number of pyridine rings is 1.